The van der Waals surface area contributed by atoms with E-state index in [2.05, 4.69) is 157 Å². The highest BCUT2D eigenvalue weighted by Crippen LogP contribution is 2.34. The third-order valence-electron chi connectivity index (χ3n) is 5.93. The standard InChI is InChI=1S/C32H27NSi/c1-4-13-28(14-5-1)33(29-15-6-2-7-16-29)30-24-21-26(22-25-30)20-23-27-12-10-11-19-32(27)34-31-17-8-3-9-18-31/h1-25H,34H2. The van der Waals surface area contributed by atoms with E-state index in [4.69, 9.17) is 0 Å². The summed E-state index contributed by atoms with van der Waals surface area (Å²) < 4.78 is 0. The lowest BCUT2D eigenvalue weighted by atomic mass is 10.1. The molecule has 2 heteroatoms. The molecule has 0 aliphatic rings. The second-order valence-electron chi connectivity index (χ2n) is 8.29. The molecule has 1 nitrogen and oxygen atoms in total. The maximum absolute atomic E-state index is 2.29. The molecule has 0 bridgehead atoms. The van der Waals surface area contributed by atoms with Gasteiger partial charge in [0.2, 0.25) is 0 Å². The maximum atomic E-state index is 2.29. The number of para-hydroxylation sites is 2. The van der Waals surface area contributed by atoms with Crippen LogP contribution in [0.3, 0.4) is 0 Å². The number of benzene rings is 5. The summed E-state index contributed by atoms with van der Waals surface area (Å²) >= 11 is 0. The summed E-state index contributed by atoms with van der Waals surface area (Å²) in [6.45, 7) is 0. The highest BCUT2D eigenvalue weighted by molar-refractivity contribution is 6.68. The first-order valence-electron chi connectivity index (χ1n) is 11.7. The minimum Gasteiger partial charge on any atom is -0.311 e. The van der Waals surface area contributed by atoms with Gasteiger partial charge in [0.05, 0.1) is 9.52 Å². The Morgan fingerprint density at radius 3 is 1.56 bits per heavy atom. The average molecular weight is 454 g/mol. The molecule has 34 heavy (non-hydrogen) atoms. The van der Waals surface area contributed by atoms with Crippen LogP contribution >= 0.6 is 0 Å². The van der Waals surface area contributed by atoms with Gasteiger partial charge in [-0.2, -0.15) is 0 Å². The van der Waals surface area contributed by atoms with Gasteiger partial charge in [0.1, 0.15) is 0 Å². The summed E-state index contributed by atoms with van der Waals surface area (Å²) in [5.41, 5.74) is 5.96. The molecule has 0 heterocycles. The molecule has 0 atom stereocenters. The Morgan fingerprint density at radius 2 is 0.941 bits per heavy atom. The Hall–Kier alpha value is -4.14. The van der Waals surface area contributed by atoms with E-state index in [1.54, 1.807) is 0 Å². The number of nitrogens with zero attached hydrogens (tertiary/aromatic N) is 1. The van der Waals surface area contributed by atoms with Crippen molar-refractivity contribution in [3.8, 4) is 0 Å². The van der Waals surface area contributed by atoms with Gasteiger partial charge >= 0.3 is 0 Å². The Kier molecular flexibility index (Phi) is 6.79. The molecule has 0 amide bonds. The summed E-state index contributed by atoms with van der Waals surface area (Å²) in [4.78, 5) is 2.29. The highest BCUT2D eigenvalue weighted by Gasteiger charge is 2.11. The van der Waals surface area contributed by atoms with Crippen molar-refractivity contribution in [2.75, 3.05) is 4.90 Å². The Balaban J connectivity index is 1.39. The molecule has 0 fully saturated rings. The summed E-state index contributed by atoms with van der Waals surface area (Å²) in [6, 6.07) is 49.4. The van der Waals surface area contributed by atoms with E-state index >= 15 is 0 Å². The normalized spacial score (nSPS) is 11.3. The van der Waals surface area contributed by atoms with Crippen molar-refractivity contribution in [3.63, 3.8) is 0 Å². The zero-order valence-electron chi connectivity index (χ0n) is 19.1. The van der Waals surface area contributed by atoms with Crippen LogP contribution in [0.25, 0.3) is 12.2 Å². The van der Waals surface area contributed by atoms with Gasteiger partial charge in [-0.15, -0.1) is 0 Å². The van der Waals surface area contributed by atoms with Gasteiger partial charge in [-0.3, -0.25) is 0 Å². The zero-order chi connectivity index (χ0) is 23.0. The second kappa shape index (κ2) is 10.6. The lowest BCUT2D eigenvalue weighted by Crippen LogP contribution is -2.28. The minimum atomic E-state index is -0.498. The van der Waals surface area contributed by atoms with Crippen molar-refractivity contribution in [2.45, 2.75) is 0 Å². The molecule has 0 unspecified atom stereocenters. The molecule has 164 valence electrons. The quantitative estimate of drug-likeness (QED) is 0.202. The minimum absolute atomic E-state index is 0.498. The van der Waals surface area contributed by atoms with Crippen molar-refractivity contribution in [2.24, 2.45) is 0 Å². The second-order valence-corrected chi connectivity index (χ2v) is 10.2. The van der Waals surface area contributed by atoms with Gasteiger partial charge in [-0.25, -0.2) is 0 Å². The van der Waals surface area contributed by atoms with E-state index in [1.807, 2.05) is 0 Å². The number of rotatable bonds is 7. The lowest BCUT2D eigenvalue weighted by molar-refractivity contribution is 1.28. The van der Waals surface area contributed by atoms with Crippen molar-refractivity contribution in [3.05, 3.63) is 151 Å². The molecule has 0 aliphatic carbocycles. The van der Waals surface area contributed by atoms with Gasteiger partial charge < -0.3 is 4.90 Å². The molecular weight excluding hydrogens is 426 g/mol. The Labute approximate surface area is 204 Å². The van der Waals surface area contributed by atoms with Crippen LogP contribution in [0.5, 0.6) is 0 Å². The smallest absolute Gasteiger partial charge is 0.0882 e. The zero-order valence-corrected chi connectivity index (χ0v) is 20.5. The molecule has 0 radical (unpaired) electrons. The summed E-state index contributed by atoms with van der Waals surface area (Å²) in [7, 11) is -0.498. The van der Waals surface area contributed by atoms with Crippen LogP contribution in [-0.2, 0) is 0 Å². The predicted octanol–water partition coefficient (Wildman–Crippen LogP) is 6.45. The van der Waals surface area contributed by atoms with Crippen molar-refractivity contribution >= 4 is 49.1 Å². The third kappa shape index (κ3) is 5.25. The Bertz CT molecular complexity index is 1310. The predicted molar refractivity (Wildman–Crippen MR) is 151 cm³/mol. The Morgan fingerprint density at radius 1 is 0.441 bits per heavy atom. The monoisotopic (exact) mass is 453 g/mol. The number of hydrogen-bond donors (Lipinski definition) is 0. The van der Waals surface area contributed by atoms with E-state index in [0.29, 0.717) is 0 Å². The van der Waals surface area contributed by atoms with E-state index in [1.165, 1.54) is 21.5 Å². The lowest BCUT2D eigenvalue weighted by Gasteiger charge is -2.25. The summed E-state index contributed by atoms with van der Waals surface area (Å²) in [6.07, 6.45) is 4.48. The molecule has 0 aliphatic heterocycles. The molecule has 5 rings (SSSR count). The van der Waals surface area contributed by atoms with Crippen LogP contribution < -0.4 is 15.3 Å². The van der Waals surface area contributed by atoms with E-state index in [0.717, 1.165) is 17.1 Å². The fraction of sp³-hybridized carbons (Fsp3) is 0. The largest absolute Gasteiger partial charge is 0.311 e. The number of anilines is 3. The van der Waals surface area contributed by atoms with Crippen molar-refractivity contribution < 1.29 is 0 Å². The maximum Gasteiger partial charge on any atom is 0.0882 e. The van der Waals surface area contributed by atoms with E-state index < -0.39 is 9.52 Å². The third-order valence-corrected chi connectivity index (χ3v) is 7.83. The van der Waals surface area contributed by atoms with Crippen LogP contribution in [0, 0.1) is 0 Å². The highest BCUT2D eigenvalue weighted by atomic mass is 28.2. The molecule has 0 spiro atoms. The average Bonchev–Trinajstić information content (AvgIpc) is 2.91. The SMILES string of the molecule is C(=Cc1ccccc1[SiH2]c1ccccc1)c1ccc(N(c2ccccc2)c2ccccc2)cc1. The van der Waals surface area contributed by atoms with E-state index in [-0.39, 0.29) is 0 Å². The van der Waals surface area contributed by atoms with Crippen molar-refractivity contribution in [1.29, 1.82) is 0 Å². The molecule has 0 saturated heterocycles. The van der Waals surface area contributed by atoms with Crippen LogP contribution in [0.2, 0.25) is 0 Å². The van der Waals surface area contributed by atoms with Gasteiger partial charge in [0.25, 0.3) is 0 Å². The molecule has 0 aromatic heterocycles. The molecule has 5 aromatic carbocycles. The van der Waals surface area contributed by atoms with Crippen LogP contribution in [0.1, 0.15) is 11.1 Å². The number of hydrogen-bond acceptors (Lipinski definition) is 1. The van der Waals surface area contributed by atoms with Crippen LogP contribution in [-0.4, -0.2) is 9.52 Å². The van der Waals surface area contributed by atoms with Gasteiger partial charge in [-0.05, 0) is 47.5 Å². The van der Waals surface area contributed by atoms with Crippen LogP contribution in [0.4, 0.5) is 17.1 Å². The molecular formula is C32H27NSi. The summed E-state index contributed by atoms with van der Waals surface area (Å²) in [5, 5.41) is 2.94. The first-order valence-corrected chi connectivity index (χ1v) is 13.1. The summed E-state index contributed by atoms with van der Waals surface area (Å²) in [5.74, 6) is 0. The molecule has 5 aromatic rings. The molecule has 0 saturated carbocycles. The van der Waals surface area contributed by atoms with Gasteiger partial charge in [-0.1, -0.05) is 126 Å². The van der Waals surface area contributed by atoms with E-state index in [9.17, 15) is 0 Å². The van der Waals surface area contributed by atoms with Gasteiger partial charge in [0.15, 0.2) is 0 Å². The first-order chi connectivity index (χ1) is 16.9. The van der Waals surface area contributed by atoms with Crippen LogP contribution in [0.15, 0.2) is 140 Å². The van der Waals surface area contributed by atoms with Gasteiger partial charge in [0, 0.05) is 17.1 Å². The fourth-order valence-corrected chi connectivity index (χ4v) is 5.84. The first kappa shape index (κ1) is 21.7. The fourth-order valence-electron chi connectivity index (χ4n) is 4.20. The molecule has 0 N–H and O–H groups in total. The topological polar surface area (TPSA) is 3.24 Å². The van der Waals surface area contributed by atoms with Crippen molar-refractivity contribution in [1.82, 2.24) is 0 Å².